The molecule has 0 aliphatic carbocycles. The normalized spacial score (nSPS) is 11.1. The summed E-state index contributed by atoms with van der Waals surface area (Å²) in [6.45, 7) is 6.68. The minimum atomic E-state index is -2.83. The van der Waals surface area contributed by atoms with Gasteiger partial charge in [0.1, 0.15) is 17.2 Å². The van der Waals surface area contributed by atoms with Crippen LogP contribution in [-0.2, 0) is 16.1 Å². The summed E-state index contributed by atoms with van der Waals surface area (Å²) < 4.78 is 31.8. The molecule has 0 radical (unpaired) electrons. The molecule has 0 saturated heterocycles. The lowest BCUT2D eigenvalue weighted by molar-refractivity contribution is -0.116. The van der Waals surface area contributed by atoms with Crippen LogP contribution >= 0.6 is 22.9 Å². The van der Waals surface area contributed by atoms with Crippen molar-refractivity contribution in [1.82, 2.24) is 9.78 Å². The second-order valence-corrected chi connectivity index (χ2v) is 7.10. The molecule has 2 aromatic rings. The zero-order chi connectivity index (χ0) is 19.6. The van der Waals surface area contributed by atoms with Gasteiger partial charge in [0.15, 0.2) is 0 Å². The lowest BCUT2D eigenvalue weighted by Gasteiger charge is -2.08. The zero-order valence-corrected chi connectivity index (χ0v) is 16.2. The van der Waals surface area contributed by atoms with E-state index in [-0.39, 0.29) is 23.9 Å². The topological polar surface area (TPSA) is 73.2 Å². The Morgan fingerprint density at radius 2 is 2.00 bits per heavy atom. The van der Waals surface area contributed by atoms with Gasteiger partial charge in [-0.3, -0.25) is 9.48 Å². The SMILES string of the molecule is CCOC(=O)c1c(NC(=O)Cn2nc(C(F)F)c(Cl)c2C)sc(C)c1C. The number of alkyl halides is 2. The summed E-state index contributed by atoms with van der Waals surface area (Å²) in [4.78, 5) is 25.3. The number of esters is 1. The summed E-state index contributed by atoms with van der Waals surface area (Å²) in [5, 5.41) is 6.51. The van der Waals surface area contributed by atoms with Gasteiger partial charge in [-0.05, 0) is 33.3 Å². The van der Waals surface area contributed by atoms with Crippen molar-refractivity contribution in [3.63, 3.8) is 0 Å². The van der Waals surface area contributed by atoms with Gasteiger partial charge in [0.25, 0.3) is 6.43 Å². The molecule has 1 N–H and O–H groups in total. The van der Waals surface area contributed by atoms with Crippen LogP contribution in [0.2, 0.25) is 5.02 Å². The highest BCUT2D eigenvalue weighted by atomic mass is 35.5. The number of anilines is 1. The van der Waals surface area contributed by atoms with E-state index in [0.717, 1.165) is 15.1 Å². The van der Waals surface area contributed by atoms with Crippen LogP contribution in [0, 0.1) is 20.8 Å². The van der Waals surface area contributed by atoms with Crippen molar-refractivity contribution in [2.45, 2.75) is 40.7 Å². The summed E-state index contributed by atoms with van der Waals surface area (Å²) >= 11 is 7.07. The Kier molecular flexibility index (Phi) is 6.35. The predicted octanol–water partition coefficient (Wildman–Crippen LogP) is 4.28. The van der Waals surface area contributed by atoms with Crippen molar-refractivity contribution in [3.05, 3.63) is 32.4 Å². The molecule has 10 heteroatoms. The molecule has 0 aliphatic rings. The molecule has 2 rings (SSSR count). The third kappa shape index (κ3) is 4.04. The minimum Gasteiger partial charge on any atom is -0.462 e. The van der Waals surface area contributed by atoms with Gasteiger partial charge in [0, 0.05) is 4.88 Å². The van der Waals surface area contributed by atoms with Crippen molar-refractivity contribution in [3.8, 4) is 0 Å². The van der Waals surface area contributed by atoms with Gasteiger partial charge in [-0.15, -0.1) is 11.3 Å². The van der Waals surface area contributed by atoms with E-state index in [9.17, 15) is 18.4 Å². The highest BCUT2D eigenvalue weighted by Crippen LogP contribution is 2.33. The summed E-state index contributed by atoms with van der Waals surface area (Å²) in [5.41, 5.74) is 0.724. The van der Waals surface area contributed by atoms with E-state index < -0.39 is 24.0 Å². The molecule has 0 aromatic carbocycles. The number of carbonyl (C=O) groups is 2. The van der Waals surface area contributed by atoms with Crippen LogP contribution in [0.4, 0.5) is 13.8 Å². The zero-order valence-electron chi connectivity index (χ0n) is 14.7. The van der Waals surface area contributed by atoms with Gasteiger partial charge in [0.2, 0.25) is 5.91 Å². The molecule has 0 spiro atoms. The molecule has 142 valence electrons. The van der Waals surface area contributed by atoms with E-state index >= 15 is 0 Å². The minimum absolute atomic E-state index is 0.164. The number of halogens is 3. The Morgan fingerprint density at radius 1 is 1.35 bits per heavy atom. The molecule has 1 amide bonds. The molecule has 6 nitrogen and oxygen atoms in total. The first kappa shape index (κ1) is 20.3. The molecule has 0 unspecified atom stereocenters. The van der Waals surface area contributed by atoms with Gasteiger partial charge in [-0.1, -0.05) is 11.6 Å². The Morgan fingerprint density at radius 3 is 2.54 bits per heavy atom. The van der Waals surface area contributed by atoms with Gasteiger partial charge in [-0.25, -0.2) is 13.6 Å². The first-order chi connectivity index (χ1) is 12.2. The number of carbonyl (C=O) groups excluding carboxylic acids is 2. The molecular formula is C16H18ClF2N3O3S. The Balaban J connectivity index is 2.23. The first-order valence-corrected chi connectivity index (χ1v) is 8.94. The van der Waals surface area contributed by atoms with Crippen LogP contribution in [0.5, 0.6) is 0 Å². The van der Waals surface area contributed by atoms with E-state index in [1.165, 1.54) is 18.3 Å². The van der Waals surface area contributed by atoms with Crippen LogP contribution in [-0.4, -0.2) is 28.3 Å². The van der Waals surface area contributed by atoms with E-state index in [4.69, 9.17) is 16.3 Å². The van der Waals surface area contributed by atoms with Crippen molar-refractivity contribution >= 4 is 39.8 Å². The second-order valence-electron chi connectivity index (χ2n) is 5.50. The van der Waals surface area contributed by atoms with Crippen molar-refractivity contribution in [2.75, 3.05) is 11.9 Å². The standard InChI is InChI=1S/C16H18ClF2N3O3S/c1-5-25-16(24)11-7(2)9(4)26-15(11)20-10(23)6-22-8(3)12(17)13(21-22)14(18)19/h14H,5-6H2,1-4H3,(H,20,23). The summed E-state index contributed by atoms with van der Waals surface area (Å²) in [5.74, 6) is -1.04. The molecule has 0 bridgehead atoms. The predicted molar refractivity (Wildman–Crippen MR) is 95.3 cm³/mol. The van der Waals surface area contributed by atoms with Gasteiger partial charge in [0.05, 0.1) is 22.9 Å². The quantitative estimate of drug-likeness (QED) is 0.728. The molecule has 2 aromatic heterocycles. The number of thiophene rings is 1. The number of aromatic nitrogens is 2. The average molecular weight is 406 g/mol. The average Bonchev–Trinajstić information content (AvgIpc) is 2.98. The Hall–Kier alpha value is -2.00. The van der Waals surface area contributed by atoms with Crippen LogP contribution in [0.15, 0.2) is 0 Å². The highest BCUT2D eigenvalue weighted by Gasteiger charge is 2.24. The summed E-state index contributed by atoms with van der Waals surface area (Å²) in [6.07, 6.45) is -2.83. The van der Waals surface area contributed by atoms with Crippen molar-refractivity contribution in [2.24, 2.45) is 0 Å². The molecule has 0 saturated carbocycles. The number of hydrogen-bond donors (Lipinski definition) is 1. The fourth-order valence-corrected chi connectivity index (χ4v) is 3.59. The lowest BCUT2D eigenvalue weighted by atomic mass is 10.1. The summed E-state index contributed by atoms with van der Waals surface area (Å²) in [6, 6.07) is 0. The van der Waals surface area contributed by atoms with Crippen LogP contribution in [0.3, 0.4) is 0 Å². The number of rotatable bonds is 6. The maximum atomic E-state index is 12.9. The Bertz CT molecular complexity index is 848. The van der Waals surface area contributed by atoms with Crippen LogP contribution < -0.4 is 5.32 Å². The van der Waals surface area contributed by atoms with Gasteiger partial charge in [-0.2, -0.15) is 5.10 Å². The maximum Gasteiger partial charge on any atom is 0.341 e. The maximum absolute atomic E-state index is 12.9. The van der Waals surface area contributed by atoms with Gasteiger partial charge >= 0.3 is 5.97 Å². The van der Waals surface area contributed by atoms with E-state index in [0.29, 0.717) is 10.6 Å². The van der Waals surface area contributed by atoms with Crippen molar-refractivity contribution < 1.29 is 23.1 Å². The number of amides is 1. The fraction of sp³-hybridized carbons (Fsp3) is 0.438. The number of ether oxygens (including phenoxy) is 1. The molecule has 0 atom stereocenters. The summed E-state index contributed by atoms with van der Waals surface area (Å²) in [7, 11) is 0. The fourth-order valence-electron chi connectivity index (χ4n) is 2.31. The number of hydrogen-bond acceptors (Lipinski definition) is 5. The van der Waals surface area contributed by atoms with E-state index in [2.05, 4.69) is 10.4 Å². The molecular weight excluding hydrogens is 388 g/mol. The van der Waals surface area contributed by atoms with Crippen LogP contribution in [0.25, 0.3) is 0 Å². The highest BCUT2D eigenvalue weighted by molar-refractivity contribution is 7.16. The largest absolute Gasteiger partial charge is 0.462 e. The number of nitrogens with one attached hydrogen (secondary N) is 1. The van der Waals surface area contributed by atoms with Gasteiger partial charge < -0.3 is 10.1 Å². The number of aryl methyl sites for hydroxylation is 1. The lowest BCUT2D eigenvalue weighted by Crippen LogP contribution is -2.21. The molecule has 26 heavy (non-hydrogen) atoms. The molecule has 2 heterocycles. The monoisotopic (exact) mass is 405 g/mol. The van der Waals surface area contributed by atoms with E-state index in [1.54, 1.807) is 13.8 Å². The smallest absolute Gasteiger partial charge is 0.341 e. The second kappa shape index (κ2) is 8.13. The Labute approximate surface area is 158 Å². The first-order valence-electron chi connectivity index (χ1n) is 7.75. The van der Waals surface area contributed by atoms with Crippen molar-refractivity contribution in [1.29, 1.82) is 0 Å². The van der Waals surface area contributed by atoms with E-state index in [1.807, 2.05) is 6.92 Å². The third-order valence-electron chi connectivity index (χ3n) is 3.78. The molecule has 0 aliphatic heterocycles. The molecule has 0 fully saturated rings. The third-order valence-corrected chi connectivity index (χ3v) is 5.37. The number of nitrogens with zero attached hydrogens (tertiary/aromatic N) is 2. The van der Waals surface area contributed by atoms with Crippen LogP contribution in [0.1, 0.15) is 45.5 Å².